The number of carbonyl (C=O) groups is 2. The second-order valence-electron chi connectivity index (χ2n) is 5.74. The van der Waals surface area contributed by atoms with E-state index in [-0.39, 0.29) is 12.3 Å². The van der Waals surface area contributed by atoms with Crippen molar-refractivity contribution in [3.63, 3.8) is 0 Å². The molecule has 1 aliphatic heterocycles. The van der Waals surface area contributed by atoms with Gasteiger partial charge in [0.25, 0.3) is 0 Å². The minimum Gasteiger partial charge on any atom is -0.493 e. The summed E-state index contributed by atoms with van der Waals surface area (Å²) in [5.41, 5.74) is 0.524. The number of methoxy groups -OCH3 is 3. The van der Waals surface area contributed by atoms with Crippen molar-refractivity contribution in [2.45, 2.75) is 25.3 Å². The molecule has 8 heteroatoms. The quantitative estimate of drug-likeness (QED) is 0.733. The standard InChI is InChI=1S/C17H24N2O6/c1-23-13-9-11(10-14(24-2)16(13)25-3)18-15(20)6-8-19-7-4-5-12(19)17(21)22/h9-10,12H,4-8H2,1-3H3,(H,18,20)(H,21,22). The van der Waals surface area contributed by atoms with Gasteiger partial charge in [-0.05, 0) is 19.4 Å². The van der Waals surface area contributed by atoms with E-state index < -0.39 is 12.0 Å². The highest BCUT2D eigenvalue weighted by molar-refractivity contribution is 5.91. The van der Waals surface area contributed by atoms with Gasteiger partial charge in [0.15, 0.2) is 11.5 Å². The van der Waals surface area contributed by atoms with Crippen LogP contribution in [0.5, 0.6) is 17.2 Å². The first-order chi connectivity index (χ1) is 12.0. The van der Waals surface area contributed by atoms with Crippen molar-refractivity contribution in [1.82, 2.24) is 4.90 Å². The maximum atomic E-state index is 12.2. The molecule has 1 heterocycles. The van der Waals surface area contributed by atoms with E-state index in [2.05, 4.69) is 5.32 Å². The number of rotatable bonds is 8. The van der Waals surface area contributed by atoms with Crippen LogP contribution in [0, 0.1) is 0 Å². The molecule has 0 aromatic heterocycles. The molecule has 1 fully saturated rings. The summed E-state index contributed by atoms with van der Waals surface area (Å²) in [5.74, 6) is 0.308. The lowest BCUT2D eigenvalue weighted by atomic mass is 10.2. The first-order valence-corrected chi connectivity index (χ1v) is 8.06. The third-order valence-electron chi connectivity index (χ3n) is 4.22. The summed E-state index contributed by atoms with van der Waals surface area (Å²) in [5, 5.41) is 11.9. The highest BCUT2D eigenvalue weighted by Crippen LogP contribution is 2.39. The van der Waals surface area contributed by atoms with Crippen LogP contribution in [0.25, 0.3) is 0 Å². The van der Waals surface area contributed by atoms with Gasteiger partial charge in [-0.2, -0.15) is 0 Å². The number of carbonyl (C=O) groups excluding carboxylic acids is 1. The second kappa shape index (κ2) is 8.57. The van der Waals surface area contributed by atoms with Gasteiger partial charge in [0, 0.05) is 30.8 Å². The highest BCUT2D eigenvalue weighted by atomic mass is 16.5. The van der Waals surface area contributed by atoms with Gasteiger partial charge in [0.1, 0.15) is 6.04 Å². The molecule has 1 atom stereocenters. The average molecular weight is 352 g/mol. The van der Waals surface area contributed by atoms with Gasteiger partial charge in [-0.1, -0.05) is 0 Å². The Morgan fingerprint density at radius 2 is 1.84 bits per heavy atom. The largest absolute Gasteiger partial charge is 0.493 e. The topological polar surface area (TPSA) is 97.3 Å². The van der Waals surface area contributed by atoms with Gasteiger partial charge in [-0.15, -0.1) is 0 Å². The lowest BCUT2D eigenvalue weighted by Gasteiger charge is -2.20. The maximum absolute atomic E-state index is 12.2. The van der Waals surface area contributed by atoms with Gasteiger partial charge < -0.3 is 24.6 Å². The van der Waals surface area contributed by atoms with E-state index in [4.69, 9.17) is 19.3 Å². The summed E-state index contributed by atoms with van der Waals surface area (Å²) >= 11 is 0. The van der Waals surface area contributed by atoms with E-state index in [1.165, 1.54) is 21.3 Å². The van der Waals surface area contributed by atoms with Gasteiger partial charge in [0.05, 0.1) is 21.3 Å². The maximum Gasteiger partial charge on any atom is 0.320 e. The Morgan fingerprint density at radius 1 is 1.20 bits per heavy atom. The number of hydrogen-bond acceptors (Lipinski definition) is 6. The van der Waals surface area contributed by atoms with E-state index in [1.807, 2.05) is 4.90 Å². The zero-order valence-corrected chi connectivity index (χ0v) is 14.7. The minimum atomic E-state index is -0.831. The molecule has 1 amide bonds. The van der Waals surface area contributed by atoms with Gasteiger partial charge in [0.2, 0.25) is 11.7 Å². The molecule has 1 aliphatic rings. The lowest BCUT2D eigenvalue weighted by molar-refractivity contribution is -0.142. The molecule has 1 saturated heterocycles. The number of nitrogens with zero attached hydrogens (tertiary/aromatic N) is 1. The summed E-state index contributed by atoms with van der Waals surface area (Å²) in [6.45, 7) is 1.11. The monoisotopic (exact) mass is 352 g/mol. The molecule has 2 N–H and O–H groups in total. The molecule has 0 aliphatic carbocycles. The van der Waals surface area contributed by atoms with E-state index in [0.29, 0.717) is 42.4 Å². The molecule has 138 valence electrons. The zero-order valence-electron chi connectivity index (χ0n) is 14.7. The molecule has 0 radical (unpaired) electrons. The number of likely N-dealkylation sites (tertiary alicyclic amines) is 1. The van der Waals surface area contributed by atoms with Crippen LogP contribution >= 0.6 is 0 Å². The third kappa shape index (κ3) is 4.54. The van der Waals surface area contributed by atoms with E-state index in [1.54, 1.807) is 12.1 Å². The fourth-order valence-corrected chi connectivity index (χ4v) is 3.00. The van der Waals surface area contributed by atoms with Crippen molar-refractivity contribution in [3.05, 3.63) is 12.1 Å². The fourth-order valence-electron chi connectivity index (χ4n) is 3.00. The SMILES string of the molecule is COc1cc(NC(=O)CCN2CCCC2C(=O)O)cc(OC)c1OC. The molecule has 0 saturated carbocycles. The fraction of sp³-hybridized carbons (Fsp3) is 0.529. The van der Waals surface area contributed by atoms with Crippen LogP contribution in [0.3, 0.4) is 0 Å². The van der Waals surface area contributed by atoms with Crippen LogP contribution in [-0.4, -0.2) is 62.3 Å². The Bertz CT molecular complexity index is 609. The number of carboxylic acid groups (broad SMARTS) is 1. The van der Waals surface area contributed by atoms with Crippen LogP contribution in [0.1, 0.15) is 19.3 Å². The highest BCUT2D eigenvalue weighted by Gasteiger charge is 2.30. The summed E-state index contributed by atoms with van der Waals surface area (Å²) in [4.78, 5) is 25.2. The smallest absolute Gasteiger partial charge is 0.320 e. The van der Waals surface area contributed by atoms with Crippen molar-refractivity contribution in [2.24, 2.45) is 0 Å². The normalized spacial score (nSPS) is 17.2. The summed E-state index contributed by atoms with van der Waals surface area (Å²) in [6, 6.07) is 2.80. The zero-order chi connectivity index (χ0) is 18.4. The van der Waals surface area contributed by atoms with Crippen LogP contribution in [-0.2, 0) is 9.59 Å². The van der Waals surface area contributed by atoms with Crippen LogP contribution in [0.4, 0.5) is 5.69 Å². The second-order valence-corrected chi connectivity index (χ2v) is 5.74. The summed E-state index contributed by atoms with van der Waals surface area (Å²) in [7, 11) is 4.51. The number of nitrogens with one attached hydrogen (secondary N) is 1. The number of ether oxygens (including phenoxy) is 3. The Labute approximate surface area is 146 Å². The molecule has 8 nitrogen and oxygen atoms in total. The predicted molar refractivity (Wildman–Crippen MR) is 91.6 cm³/mol. The first kappa shape index (κ1) is 18.9. The minimum absolute atomic E-state index is 0.203. The molecular formula is C17H24N2O6. The third-order valence-corrected chi connectivity index (χ3v) is 4.22. The Balaban J connectivity index is 1.99. The number of aliphatic carboxylic acids is 1. The molecule has 1 aromatic rings. The van der Waals surface area contributed by atoms with Crippen molar-refractivity contribution < 1.29 is 28.9 Å². The van der Waals surface area contributed by atoms with Crippen LogP contribution in [0.15, 0.2) is 12.1 Å². The number of hydrogen-bond donors (Lipinski definition) is 2. The van der Waals surface area contributed by atoms with Gasteiger partial charge in [-0.3, -0.25) is 14.5 Å². The molecule has 0 spiro atoms. The number of carboxylic acids is 1. The predicted octanol–water partition coefficient (Wildman–Crippen LogP) is 1.59. The summed E-state index contributed by atoms with van der Waals surface area (Å²) < 4.78 is 15.7. The van der Waals surface area contributed by atoms with E-state index in [9.17, 15) is 9.59 Å². The van der Waals surface area contributed by atoms with Crippen LogP contribution in [0.2, 0.25) is 0 Å². The van der Waals surface area contributed by atoms with E-state index >= 15 is 0 Å². The average Bonchev–Trinajstić information content (AvgIpc) is 3.07. The molecular weight excluding hydrogens is 328 g/mol. The first-order valence-electron chi connectivity index (χ1n) is 8.06. The number of benzene rings is 1. The molecule has 25 heavy (non-hydrogen) atoms. The molecule has 0 bridgehead atoms. The summed E-state index contributed by atoms with van der Waals surface area (Å²) in [6.07, 6.45) is 1.68. The molecule has 1 aromatic carbocycles. The van der Waals surface area contributed by atoms with Crippen LogP contribution < -0.4 is 19.5 Å². The van der Waals surface area contributed by atoms with Crippen molar-refractivity contribution in [1.29, 1.82) is 0 Å². The van der Waals surface area contributed by atoms with Crippen molar-refractivity contribution in [2.75, 3.05) is 39.7 Å². The Hall–Kier alpha value is -2.48. The van der Waals surface area contributed by atoms with Crippen molar-refractivity contribution in [3.8, 4) is 17.2 Å². The van der Waals surface area contributed by atoms with E-state index in [0.717, 1.165) is 6.42 Å². The molecule has 1 unspecified atom stereocenters. The molecule has 2 rings (SSSR count). The van der Waals surface area contributed by atoms with Gasteiger partial charge in [-0.25, -0.2) is 0 Å². The Kier molecular flexibility index (Phi) is 6.46. The Morgan fingerprint density at radius 3 is 2.36 bits per heavy atom. The van der Waals surface area contributed by atoms with Crippen molar-refractivity contribution >= 4 is 17.6 Å². The lowest BCUT2D eigenvalue weighted by Crippen LogP contribution is -2.37. The number of anilines is 1. The van der Waals surface area contributed by atoms with Gasteiger partial charge >= 0.3 is 5.97 Å². The number of amides is 1.